The lowest BCUT2D eigenvalue weighted by Crippen LogP contribution is -2.15. The molecule has 0 unspecified atom stereocenters. The number of carbonyl (C=O) groups is 1. The van der Waals surface area contributed by atoms with Crippen molar-refractivity contribution in [1.82, 2.24) is 19.7 Å². The van der Waals surface area contributed by atoms with E-state index in [0.717, 1.165) is 35.2 Å². The van der Waals surface area contributed by atoms with Gasteiger partial charge in [0, 0.05) is 23.6 Å². The predicted molar refractivity (Wildman–Crippen MR) is 134 cm³/mol. The summed E-state index contributed by atoms with van der Waals surface area (Å²) in [6.07, 6.45) is 5.14. The van der Waals surface area contributed by atoms with Crippen LogP contribution < -0.4 is 5.32 Å². The zero-order valence-corrected chi connectivity index (χ0v) is 20.3. The Morgan fingerprint density at radius 3 is 2.50 bits per heavy atom. The van der Waals surface area contributed by atoms with Crippen LogP contribution in [0, 0.1) is 5.82 Å². The van der Waals surface area contributed by atoms with Gasteiger partial charge in [0.2, 0.25) is 5.91 Å². The van der Waals surface area contributed by atoms with Gasteiger partial charge in [0.05, 0.1) is 16.5 Å². The average Bonchev–Trinajstić information content (AvgIpc) is 3.28. The summed E-state index contributed by atoms with van der Waals surface area (Å²) >= 11 is 7.10. The number of para-hydroxylation sites is 1. The van der Waals surface area contributed by atoms with Crippen molar-refractivity contribution in [2.24, 2.45) is 0 Å². The Kier molecular flexibility index (Phi) is 7.59. The predicted octanol–water partition coefficient (Wildman–Crippen LogP) is 5.98. The number of amides is 1. The molecule has 0 saturated heterocycles. The molecule has 0 aliphatic rings. The first-order chi connectivity index (χ1) is 16.5. The summed E-state index contributed by atoms with van der Waals surface area (Å²) in [6, 6.07) is 14.1. The van der Waals surface area contributed by atoms with E-state index in [4.69, 9.17) is 11.6 Å². The lowest BCUT2D eigenvalue weighted by Gasteiger charge is -2.18. The standard InChI is InChI=1S/C25H23ClFN5OS/c1-3-16-7-5-8-17(4-2)23(16)32-24(18-9-6-12-28-14-18)30-31-25(32)34-15-22(33)29-19-10-11-21(27)20(26)13-19/h5-14H,3-4,15H2,1-2H3,(H,29,33). The third-order valence-corrected chi connectivity index (χ3v) is 6.50. The molecular weight excluding hydrogens is 473 g/mol. The molecule has 0 radical (unpaired) electrons. The Morgan fingerprint density at radius 1 is 1.09 bits per heavy atom. The number of thioether (sulfide) groups is 1. The zero-order chi connectivity index (χ0) is 24.1. The highest BCUT2D eigenvalue weighted by Crippen LogP contribution is 2.32. The Morgan fingerprint density at radius 2 is 1.85 bits per heavy atom. The van der Waals surface area contributed by atoms with Gasteiger partial charge < -0.3 is 5.32 Å². The maximum atomic E-state index is 13.4. The molecule has 9 heteroatoms. The zero-order valence-electron chi connectivity index (χ0n) is 18.8. The van der Waals surface area contributed by atoms with Crippen LogP contribution in [0.5, 0.6) is 0 Å². The van der Waals surface area contributed by atoms with Crippen molar-refractivity contribution in [1.29, 1.82) is 0 Å². The summed E-state index contributed by atoms with van der Waals surface area (Å²) in [5.41, 5.74) is 4.62. The molecule has 0 aliphatic heterocycles. The maximum Gasteiger partial charge on any atom is 0.234 e. The van der Waals surface area contributed by atoms with E-state index in [1.54, 1.807) is 12.4 Å². The van der Waals surface area contributed by atoms with Gasteiger partial charge >= 0.3 is 0 Å². The van der Waals surface area contributed by atoms with Crippen LogP contribution in [0.25, 0.3) is 17.1 Å². The number of pyridine rings is 1. The smallest absolute Gasteiger partial charge is 0.234 e. The van der Waals surface area contributed by atoms with E-state index in [0.29, 0.717) is 16.7 Å². The van der Waals surface area contributed by atoms with Crippen molar-refractivity contribution in [3.05, 3.63) is 82.9 Å². The van der Waals surface area contributed by atoms with E-state index in [-0.39, 0.29) is 16.7 Å². The second-order valence-corrected chi connectivity index (χ2v) is 8.83. The van der Waals surface area contributed by atoms with Gasteiger partial charge in [-0.3, -0.25) is 14.3 Å². The van der Waals surface area contributed by atoms with Crippen LogP contribution in [0.15, 0.2) is 66.1 Å². The van der Waals surface area contributed by atoms with E-state index < -0.39 is 5.82 Å². The number of carbonyl (C=O) groups excluding carboxylic acids is 1. The normalized spacial score (nSPS) is 10.9. The molecule has 1 N–H and O–H groups in total. The molecule has 6 nitrogen and oxygen atoms in total. The van der Waals surface area contributed by atoms with Crippen molar-refractivity contribution in [3.8, 4) is 17.1 Å². The highest BCUT2D eigenvalue weighted by atomic mass is 35.5. The molecule has 34 heavy (non-hydrogen) atoms. The van der Waals surface area contributed by atoms with Crippen LogP contribution in [0.2, 0.25) is 5.02 Å². The number of benzene rings is 2. The van der Waals surface area contributed by atoms with Crippen molar-refractivity contribution < 1.29 is 9.18 Å². The van der Waals surface area contributed by atoms with E-state index in [9.17, 15) is 9.18 Å². The van der Waals surface area contributed by atoms with Crippen molar-refractivity contribution in [3.63, 3.8) is 0 Å². The summed E-state index contributed by atoms with van der Waals surface area (Å²) < 4.78 is 15.4. The average molecular weight is 496 g/mol. The lowest BCUT2D eigenvalue weighted by atomic mass is 10.0. The molecule has 2 aromatic heterocycles. The Bertz CT molecular complexity index is 1290. The number of aromatic nitrogens is 4. The maximum absolute atomic E-state index is 13.4. The molecule has 2 heterocycles. The summed E-state index contributed by atoms with van der Waals surface area (Å²) in [4.78, 5) is 16.9. The van der Waals surface area contributed by atoms with Crippen LogP contribution in [-0.4, -0.2) is 31.4 Å². The minimum atomic E-state index is -0.536. The molecule has 0 fully saturated rings. The first-order valence-electron chi connectivity index (χ1n) is 10.9. The minimum Gasteiger partial charge on any atom is -0.325 e. The molecule has 4 rings (SSSR count). The van der Waals surface area contributed by atoms with E-state index in [1.165, 1.54) is 30.0 Å². The number of hydrogen-bond acceptors (Lipinski definition) is 5. The molecule has 174 valence electrons. The lowest BCUT2D eigenvalue weighted by molar-refractivity contribution is -0.113. The second kappa shape index (κ2) is 10.8. The quantitative estimate of drug-likeness (QED) is 0.304. The summed E-state index contributed by atoms with van der Waals surface area (Å²) in [5.74, 6) is -0.0383. The number of rotatable bonds is 8. The number of aryl methyl sites for hydroxylation is 2. The first-order valence-corrected chi connectivity index (χ1v) is 12.2. The van der Waals surface area contributed by atoms with Gasteiger partial charge in [-0.05, 0) is 54.3 Å². The Labute approximate surface area is 206 Å². The van der Waals surface area contributed by atoms with E-state index in [2.05, 4.69) is 52.5 Å². The number of nitrogens with zero attached hydrogens (tertiary/aromatic N) is 4. The molecule has 0 bridgehead atoms. The molecule has 0 atom stereocenters. The third kappa shape index (κ3) is 5.13. The van der Waals surface area contributed by atoms with Gasteiger partial charge in [0.1, 0.15) is 5.82 Å². The van der Waals surface area contributed by atoms with Gasteiger partial charge in [-0.25, -0.2) is 4.39 Å². The molecule has 0 spiro atoms. The van der Waals surface area contributed by atoms with Gasteiger partial charge in [-0.15, -0.1) is 10.2 Å². The van der Waals surface area contributed by atoms with Gasteiger partial charge in [0.15, 0.2) is 11.0 Å². The minimum absolute atomic E-state index is 0.0467. The van der Waals surface area contributed by atoms with Crippen molar-refractivity contribution in [2.75, 3.05) is 11.1 Å². The fourth-order valence-electron chi connectivity index (χ4n) is 3.65. The molecular formula is C25H23ClFN5OS. The van der Waals surface area contributed by atoms with Gasteiger partial charge in [-0.2, -0.15) is 0 Å². The molecule has 4 aromatic rings. The largest absolute Gasteiger partial charge is 0.325 e. The Balaban J connectivity index is 1.68. The number of hydrogen-bond donors (Lipinski definition) is 1. The van der Waals surface area contributed by atoms with Gasteiger partial charge in [-0.1, -0.05) is 55.4 Å². The molecule has 1 amide bonds. The third-order valence-electron chi connectivity index (χ3n) is 5.28. The van der Waals surface area contributed by atoms with Crippen LogP contribution >= 0.6 is 23.4 Å². The highest BCUT2D eigenvalue weighted by molar-refractivity contribution is 7.99. The van der Waals surface area contributed by atoms with Crippen LogP contribution in [-0.2, 0) is 17.6 Å². The number of anilines is 1. The summed E-state index contributed by atoms with van der Waals surface area (Å²) in [6.45, 7) is 4.22. The molecule has 2 aromatic carbocycles. The van der Waals surface area contributed by atoms with Crippen molar-refractivity contribution >= 4 is 35.0 Å². The SMILES string of the molecule is CCc1cccc(CC)c1-n1c(SCC(=O)Nc2ccc(F)c(Cl)c2)nnc1-c1cccnc1. The topological polar surface area (TPSA) is 72.7 Å². The molecule has 0 saturated carbocycles. The van der Waals surface area contributed by atoms with Crippen molar-refractivity contribution in [2.45, 2.75) is 31.8 Å². The monoisotopic (exact) mass is 495 g/mol. The fourth-order valence-corrected chi connectivity index (χ4v) is 4.57. The van der Waals surface area contributed by atoms with Crippen LogP contribution in [0.4, 0.5) is 10.1 Å². The van der Waals surface area contributed by atoms with Crippen LogP contribution in [0.1, 0.15) is 25.0 Å². The second-order valence-electron chi connectivity index (χ2n) is 7.48. The Hall–Kier alpha value is -3.23. The van der Waals surface area contributed by atoms with Gasteiger partial charge in [0.25, 0.3) is 0 Å². The summed E-state index contributed by atoms with van der Waals surface area (Å²) in [7, 11) is 0. The summed E-state index contributed by atoms with van der Waals surface area (Å²) in [5, 5.41) is 12.2. The fraction of sp³-hybridized carbons (Fsp3) is 0.200. The van der Waals surface area contributed by atoms with Crippen LogP contribution in [0.3, 0.4) is 0 Å². The van der Waals surface area contributed by atoms with E-state index >= 15 is 0 Å². The van der Waals surface area contributed by atoms with E-state index in [1.807, 2.05) is 16.7 Å². The number of nitrogens with one attached hydrogen (secondary N) is 1. The number of halogens is 2. The molecule has 0 aliphatic carbocycles. The first kappa shape index (κ1) is 23.9. The highest BCUT2D eigenvalue weighted by Gasteiger charge is 2.21.